The van der Waals surface area contributed by atoms with Crippen molar-refractivity contribution in [3.05, 3.63) is 24.4 Å². The summed E-state index contributed by atoms with van der Waals surface area (Å²) < 4.78 is 5.96. The Kier molecular flexibility index (Phi) is 3.98. The summed E-state index contributed by atoms with van der Waals surface area (Å²) in [7, 11) is 0. The third-order valence-corrected chi connectivity index (χ3v) is 4.01. The number of pyridine rings is 1. The monoisotopic (exact) mass is 270 g/mol. The molecule has 1 aliphatic rings. The van der Waals surface area contributed by atoms with Crippen LogP contribution in [-0.2, 0) is 4.74 Å². The van der Waals surface area contributed by atoms with Gasteiger partial charge in [-0.2, -0.15) is 0 Å². The first-order valence-electron chi connectivity index (χ1n) is 5.35. The zero-order valence-corrected chi connectivity index (χ0v) is 11.1. The van der Waals surface area contributed by atoms with Crippen LogP contribution >= 0.6 is 24.0 Å². The Labute approximate surface area is 110 Å². The van der Waals surface area contributed by atoms with Crippen LogP contribution in [0.1, 0.15) is 6.92 Å². The molecule has 0 aliphatic carbocycles. The smallest absolute Gasteiger partial charge is 0.177 e. The van der Waals surface area contributed by atoms with E-state index in [1.54, 1.807) is 11.1 Å². The quantitative estimate of drug-likeness (QED) is 0.839. The minimum absolute atomic E-state index is 0.229. The Balaban J connectivity index is 2.25. The van der Waals surface area contributed by atoms with Gasteiger partial charge in [-0.15, -0.1) is 0 Å². The maximum absolute atomic E-state index is 10.6. The number of aliphatic hydroxyl groups is 1. The van der Waals surface area contributed by atoms with Gasteiger partial charge in [0, 0.05) is 12.8 Å². The van der Waals surface area contributed by atoms with Gasteiger partial charge in [-0.1, -0.05) is 30.0 Å². The molecule has 4 nitrogen and oxygen atoms in total. The van der Waals surface area contributed by atoms with Crippen molar-refractivity contribution in [1.29, 1.82) is 0 Å². The fourth-order valence-electron chi connectivity index (χ4n) is 1.64. The maximum Gasteiger partial charge on any atom is 0.177 e. The predicted octanol–water partition coefficient (Wildman–Crippen LogP) is 1.64. The van der Waals surface area contributed by atoms with Crippen LogP contribution in [0.2, 0.25) is 0 Å². The van der Waals surface area contributed by atoms with Gasteiger partial charge in [0.15, 0.2) is 5.72 Å². The molecule has 6 heteroatoms. The molecular weight excluding hydrogens is 256 g/mol. The zero-order chi connectivity index (χ0) is 12.3. The predicted molar refractivity (Wildman–Crippen MR) is 73.2 cm³/mol. The molecular formula is C11H14N2O2S2. The molecule has 17 heavy (non-hydrogen) atoms. The lowest BCUT2D eigenvalue weighted by Crippen LogP contribution is -2.51. The first-order chi connectivity index (χ1) is 8.17. The topological polar surface area (TPSA) is 45.6 Å². The lowest BCUT2D eigenvalue weighted by Gasteiger charge is -2.32. The number of hydrogen-bond donors (Lipinski definition) is 1. The highest BCUT2D eigenvalue weighted by Crippen LogP contribution is 2.35. The van der Waals surface area contributed by atoms with E-state index in [0.717, 1.165) is 0 Å². The van der Waals surface area contributed by atoms with E-state index in [0.29, 0.717) is 22.5 Å². The second-order valence-corrected chi connectivity index (χ2v) is 5.31. The van der Waals surface area contributed by atoms with Crippen LogP contribution in [0.5, 0.6) is 0 Å². The number of anilines is 1. The SMILES string of the molecule is CCOCC1(O)CSC(=S)N1c1ccccn1. The van der Waals surface area contributed by atoms with Crippen molar-refractivity contribution in [2.24, 2.45) is 0 Å². The van der Waals surface area contributed by atoms with Crippen LogP contribution in [0, 0.1) is 0 Å². The normalized spacial score (nSPS) is 24.4. The Morgan fingerprint density at radius 1 is 1.65 bits per heavy atom. The number of thioether (sulfide) groups is 1. The van der Waals surface area contributed by atoms with E-state index in [4.69, 9.17) is 17.0 Å². The van der Waals surface area contributed by atoms with Crippen LogP contribution in [0.4, 0.5) is 5.82 Å². The molecule has 1 aromatic heterocycles. The molecule has 1 atom stereocenters. The van der Waals surface area contributed by atoms with E-state index >= 15 is 0 Å². The van der Waals surface area contributed by atoms with Crippen molar-refractivity contribution in [2.45, 2.75) is 12.6 Å². The molecule has 0 spiro atoms. The summed E-state index contributed by atoms with van der Waals surface area (Å²) in [5, 5.41) is 10.6. The lowest BCUT2D eigenvalue weighted by atomic mass is 10.2. The van der Waals surface area contributed by atoms with E-state index in [-0.39, 0.29) is 6.61 Å². The molecule has 92 valence electrons. The van der Waals surface area contributed by atoms with Crippen LogP contribution in [0.3, 0.4) is 0 Å². The second-order valence-electron chi connectivity index (χ2n) is 3.70. The Morgan fingerprint density at radius 2 is 2.47 bits per heavy atom. The Morgan fingerprint density at radius 3 is 3.12 bits per heavy atom. The summed E-state index contributed by atoms with van der Waals surface area (Å²) in [6.45, 7) is 2.69. The molecule has 1 fully saturated rings. The summed E-state index contributed by atoms with van der Waals surface area (Å²) in [5.41, 5.74) is -1.09. The summed E-state index contributed by atoms with van der Waals surface area (Å²) in [5.74, 6) is 1.16. The number of aromatic nitrogens is 1. The van der Waals surface area contributed by atoms with E-state index in [1.165, 1.54) is 11.8 Å². The largest absolute Gasteiger partial charge is 0.377 e. The molecule has 1 aliphatic heterocycles. The van der Waals surface area contributed by atoms with Gasteiger partial charge in [0.2, 0.25) is 0 Å². The average Bonchev–Trinajstić information content (AvgIpc) is 2.64. The molecule has 0 radical (unpaired) electrons. The number of hydrogen-bond acceptors (Lipinski definition) is 5. The van der Waals surface area contributed by atoms with Crippen molar-refractivity contribution in [3.8, 4) is 0 Å². The van der Waals surface area contributed by atoms with Crippen molar-refractivity contribution >= 4 is 34.1 Å². The van der Waals surface area contributed by atoms with Gasteiger partial charge in [0.1, 0.15) is 10.1 Å². The van der Waals surface area contributed by atoms with Crippen molar-refractivity contribution in [3.63, 3.8) is 0 Å². The number of ether oxygens (including phenoxy) is 1. The van der Waals surface area contributed by atoms with Crippen LogP contribution in [-0.4, -0.2) is 39.1 Å². The van der Waals surface area contributed by atoms with Crippen LogP contribution < -0.4 is 4.90 Å². The molecule has 2 rings (SSSR count). The molecule has 1 N–H and O–H groups in total. The molecule has 0 amide bonds. The van der Waals surface area contributed by atoms with Gasteiger partial charge in [-0.05, 0) is 19.1 Å². The Hall–Kier alpha value is -0.690. The zero-order valence-electron chi connectivity index (χ0n) is 9.50. The molecule has 0 aromatic carbocycles. The first kappa shape index (κ1) is 12.8. The minimum atomic E-state index is -1.09. The molecule has 0 saturated carbocycles. The van der Waals surface area contributed by atoms with Gasteiger partial charge in [-0.3, -0.25) is 4.90 Å². The number of thiocarbonyl (C=S) groups is 1. The highest BCUT2D eigenvalue weighted by molar-refractivity contribution is 8.23. The third kappa shape index (κ3) is 2.60. The third-order valence-electron chi connectivity index (χ3n) is 2.44. The Bertz CT molecular complexity index is 402. The van der Waals surface area contributed by atoms with Gasteiger partial charge >= 0.3 is 0 Å². The molecule has 0 bridgehead atoms. The van der Waals surface area contributed by atoms with Crippen LogP contribution in [0.25, 0.3) is 0 Å². The van der Waals surface area contributed by atoms with E-state index in [9.17, 15) is 5.11 Å². The summed E-state index contributed by atoms with van der Waals surface area (Å²) in [4.78, 5) is 5.89. The fraction of sp³-hybridized carbons (Fsp3) is 0.455. The standard InChI is InChI=1S/C11H14N2O2S2/c1-2-15-7-11(14)8-17-10(16)13(11)9-5-3-4-6-12-9/h3-6,14H,2,7-8H2,1H3. The van der Waals surface area contributed by atoms with Gasteiger partial charge in [0.05, 0.1) is 12.4 Å². The lowest BCUT2D eigenvalue weighted by molar-refractivity contribution is -0.0176. The van der Waals surface area contributed by atoms with Crippen molar-refractivity contribution < 1.29 is 9.84 Å². The van der Waals surface area contributed by atoms with E-state index in [2.05, 4.69) is 4.98 Å². The number of nitrogens with zero attached hydrogens (tertiary/aromatic N) is 2. The average molecular weight is 270 g/mol. The van der Waals surface area contributed by atoms with Crippen molar-refractivity contribution in [2.75, 3.05) is 23.9 Å². The van der Waals surface area contributed by atoms with Crippen LogP contribution in [0.15, 0.2) is 24.4 Å². The molecule has 1 saturated heterocycles. The molecule has 1 aromatic rings. The van der Waals surface area contributed by atoms with Gasteiger partial charge in [0.25, 0.3) is 0 Å². The fourth-order valence-corrected chi connectivity index (χ4v) is 3.04. The highest BCUT2D eigenvalue weighted by atomic mass is 32.2. The molecule has 1 unspecified atom stereocenters. The van der Waals surface area contributed by atoms with E-state index < -0.39 is 5.72 Å². The van der Waals surface area contributed by atoms with E-state index in [1.807, 2.05) is 25.1 Å². The summed E-state index contributed by atoms with van der Waals surface area (Å²) in [6, 6.07) is 5.53. The van der Waals surface area contributed by atoms with Gasteiger partial charge < -0.3 is 9.84 Å². The molecule has 2 heterocycles. The van der Waals surface area contributed by atoms with Gasteiger partial charge in [-0.25, -0.2) is 4.98 Å². The second kappa shape index (κ2) is 5.30. The maximum atomic E-state index is 10.6. The summed E-state index contributed by atoms with van der Waals surface area (Å²) in [6.07, 6.45) is 1.68. The highest BCUT2D eigenvalue weighted by Gasteiger charge is 2.44. The minimum Gasteiger partial charge on any atom is -0.377 e. The summed E-state index contributed by atoms with van der Waals surface area (Å²) >= 11 is 6.70. The van der Waals surface area contributed by atoms with Crippen molar-refractivity contribution in [1.82, 2.24) is 4.98 Å². The number of rotatable bonds is 4. The first-order valence-corrected chi connectivity index (χ1v) is 6.75.